The second-order valence-electron chi connectivity index (χ2n) is 7.53. The molecule has 0 bridgehead atoms. The molecule has 0 radical (unpaired) electrons. The lowest BCUT2D eigenvalue weighted by Gasteiger charge is -2.10. The highest BCUT2D eigenvalue weighted by atomic mass is 32.2. The van der Waals surface area contributed by atoms with Crippen molar-refractivity contribution in [3.8, 4) is 28.3 Å². The Kier molecular flexibility index (Phi) is 6.63. The molecule has 0 saturated heterocycles. The predicted molar refractivity (Wildman–Crippen MR) is 128 cm³/mol. The van der Waals surface area contributed by atoms with Gasteiger partial charge in [-0.3, -0.25) is 0 Å². The van der Waals surface area contributed by atoms with E-state index in [1.54, 1.807) is 11.8 Å². The molecule has 156 valence electrons. The van der Waals surface area contributed by atoms with Crippen LogP contribution in [0.1, 0.15) is 16.7 Å². The molecule has 0 atom stereocenters. The third-order valence-corrected chi connectivity index (χ3v) is 5.72. The number of ether oxygens (including phenoxy) is 1. The first kappa shape index (κ1) is 21.1. The fourth-order valence-corrected chi connectivity index (χ4v) is 3.72. The maximum atomic E-state index is 5.82. The third kappa shape index (κ3) is 5.50. The van der Waals surface area contributed by atoms with E-state index >= 15 is 0 Å². The summed E-state index contributed by atoms with van der Waals surface area (Å²) in [6, 6.07) is 24.8. The highest BCUT2D eigenvalue weighted by molar-refractivity contribution is 7.99. The van der Waals surface area contributed by atoms with Gasteiger partial charge in [0.05, 0.1) is 6.61 Å². The van der Waals surface area contributed by atoms with Crippen LogP contribution in [-0.4, -0.2) is 27.5 Å². The van der Waals surface area contributed by atoms with E-state index in [9.17, 15) is 0 Å². The number of aryl methyl sites for hydroxylation is 3. The molecule has 0 unspecified atom stereocenters. The number of nitrogens with zero attached hydrogens (tertiary/aromatic N) is 3. The average Bonchev–Trinajstić information content (AvgIpc) is 2.79. The van der Waals surface area contributed by atoms with Crippen LogP contribution in [-0.2, 0) is 0 Å². The first-order valence-corrected chi connectivity index (χ1v) is 11.3. The zero-order valence-corrected chi connectivity index (χ0v) is 18.8. The van der Waals surface area contributed by atoms with E-state index in [0.717, 1.165) is 34.0 Å². The van der Waals surface area contributed by atoms with Crippen LogP contribution >= 0.6 is 11.8 Å². The minimum atomic E-state index is 0.580. The number of aromatic nitrogens is 3. The Morgan fingerprint density at radius 2 is 1.16 bits per heavy atom. The van der Waals surface area contributed by atoms with E-state index < -0.39 is 0 Å². The molecular formula is C26H25N3OS. The number of benzene rings is 3. The van der Waals surface area contributed by atoms with Crippen molar-refractivity contribution in [1.82, 2.24) is 15.2 Å². The predicted octanol–water partition coefficient (Wildman–Crippen LogP) is 6.30. The Hall–Kier alpha value is -3.18. The van der Waals surface area contributed by atoms with Crippen LogP contribution in [0.5, 0.6) is 5.75 Å². The lowest BCUT2D eigenvalue weighted by atomic mass is 10.0. The molecule has 0 aliphatic carbocycles. The fraction of sp³-hybridized carbons (Fsp3) is 0.192. The zero-order chi connectivity index (χ0) is 21.6. The zero-order valence-electron chi connectivity index (χ0n) is 18.0. The first-order valence-electron chi connectivity index (χ1n) is 10.3. The highest BCUT2D eigenvalue weighted by Gasteiger charge is 2.14. The van der Waals surface area contributed by atoms with Gasteiger partial charge < -0.3 is 4.74 Å². The van der Waals surface area contributed by atoms with Crippen molar-refractivity contribution in [2.75, 3.05) is 12.4 Å². The summed E-state index contributed by atoms with van der Waals surface area (Å²) in [5.74, 6) is 1.62. The summed E-state index contributed by atoms with van der Waals surface area (Å²) in [7, 11) is 0. The molecule has 0 spiro atoms. The van der Waals surface area contributed by atoms with Gasteiger partial charge in [0.25, 0.3) is 0 Å². The Morgan fingerprint density at radius 3 is 1.74 bits per heavy atom. The van der Waals surface area contributed by atoms with E-state index in [1.165, 1.54) is 16.7 Å². The average molecular weight is 428 g/mol. The van der Waals surface area contributed by atoms with Gasteiger partial charge in [-0.25, -0.2) is 4.98 Å². The van der Waals surface area contributed by atoms with Gasteiger partial charge in [-0.15, -0.1) is 10.2 Å². The molecule has 5 heteroatoms. The number of rotatable bonds is 7. The van der Waals surface area contributed by atoms with Crippen molar-refractivity contribution in [1.29, 1.82) is 0 Å². The SMILES string of the molecule is Cc1ccc(OCCSc2nnc(-c3ccc(C)cc3)c(-c3ccc(C)cc3)n2)cc1. The molecule has 0 N–H and O–H groups in total. The maximum absolute atomic E-state index is 5.82. The molecule has 0 saturated carbocycles. The van der Waals surface area contributed by atoms with Gasteiger partial charge >= 0.3 is 0 Å². The van der Waals surface area contributed by atoms with Crippen LogP contribution in [0.15, 0.2) is 78.0 Å². The second-order valence-corrected chi connectivity index (χ2v) is 8.60. The van der Waals surface area contributed by atoms with Crippen LogP contribution in [0.2, 0.25) is 0 Å². The minimum absolute atomic E-state index is 0.580. The van der Waals surface area contributed by atoms with Crippen LogP contribution in [0.25, 0.3) is 22.5 Å². The second kappa shape index (κ2) is 9.75. The van der Waals surface area contributed by atoms with Gasteiger partial charge in [-0.2, -0.15) is 0 Å². The molecule has 1 heterocycles. The van der Waals surface area contributed by atoms with E-state index in [-0.39, 0.29) is 0 Å². The van der Waals surface area contributed by atoms with Crippen LogP contribution < -0.4 is 4.74 Å². The standard InChI is InChI=1S/C26H25N3OS/c1-18-4-10-21(11-5-18)24-25(22-12-6-19(2)7-13-22)28-29-26(27-24)31-17-16-30-23-14-8-20(3)9-15-23/h4-15H,16-17H2,1-3H3. The summed E-state index contributed by atoms with van der Waals surface area (Å²) in [6.07, 6.45) is 0. The Bertz CT molecular complexity index is 1140. The van der Waals surface area contributed by atoms with Gasteiger partial charge in [-0.05, 0) is 32.9 Å². The van der Waals surface area contributed by atoms with E-state index in [0.29, 0.717) is 11.8 Å². The minimum Gasteiger partial charge on any atom is -0.493 e. The first-order chi connectivity index (χ1) is 15.1. The van der Waals surface area contributed by atoms with Crippen LogP contribution in [0.4, 0.5) is 0 Å². The Morgan fingerprint density at radius 1 is 0.645 bits per heavy atom. The van der Waals surface area contributed by atoms with E-state index in [4.69, 9.17) is 9.72 Å². The number of thioether (sulfide) groups is 1. The largest absolute Gasteiger partial charge is 0.493 e. The van der Waals surface area contributed by atoms with Gasteiger partial charge in [0.1, 0.15) is 17.1 Å². The molecule has 0 fully saturated rings. The molecule has 4 nitrogen and oxygen atoms in total. The molecule has 4 aromatic rings. The van der Waals surface area contributed by atoms with Crippen molar-refractivity contribution < 1.29 is 4.74 Å². The van der Waals surface area contributed by atoms with Gasteiger partial charge in [0.2, 0.25) is 5.16 Å². The number of hydrogen-bond acceptors (Lipinski definition) is 5. The van der Waals surface area contributed by atoms with Crippen molar-refractivity contribution in [3.63, 3.8) is 0 Å². The van der Waals surface area contributed by atoms with Gasteiger partial charge in [0.15, 0.2) is 0 Å². The third-order valence-electron chi connectivity index (χ3n) is 4.92. The summed E-state index contributed by atoms with van der Waals surface area (Å²) in [4.78, 5) is 4.86. The lowest BCUT2D eigenvalue weighted by Crippen LogP contribution is -2.03. The fourth-order valence-electron chi connectivity index (χ4n) is 3.12. The molecule has 31 heavy (non-hydrogen) atoms. The Balaban J connectivity index is 1.53. The Labute approximate surface area is 187 Å². The summed E-state index contributed by atoms with van der Waals surface area (Å²) in [5, 5.41) is 9.59. The summed E-state index contributed by atoms with van der Waals surface area (Å²) in [5.41, 5.74) is 7.34. The molecular weight excluding hydrogens is 402 g/mol. The molecule has 0 amide bonds. The van der Waals surface area contributed by atoms with Crippen molar-refractivity contribution in [2.45, 2.75) is 25.9 Å². The summed E-state index contributed by atoms with van der Waals surface area (Å²) < 4.78 is 5.82. The summed E-state index contributed by atoms with van der Waals surface area (Å²) >= 11 is 1.55. The van der Waals surface area contributed by atoms with Crippen LogP contribution in [0.3, 0.4) is 0 Å². The quantitative estimate of drug-likeness (QED) is 0.256. The van der Waals surface area contributed by atoms with Gasteiger partial charge in [-0.1, -0.05) is 89.1 Å². The lowest BCUT2D eigenvalue weighted by molar-refractivity contribution is 0.344. The summed E-state index contributed by atoms with van der Waals surface area (Å²) in [6.45, 7) is 6.80. The molecule has 1 aromatic heterocycles. The molecule has 3 aromatic carbocycles. The molecule has 0 aliphatic rings. The van der Waals surface area contributed by atoms with Crippen molar-refractivity contribution in [2.24, 2.45) is 0 Å². The van der Waals surface area contributed by atoms with E-state index in [2.05, 4.69) is 79.5 Å². The highest BCUT2D eigenvalue weighted by Crippen LogP contribution is 2.30. The van der Waals surface area contributed by atoms with Crippen molar-refractivity contribution in [3.05, 3.63) is 89.5 Å². The topological polar surface area (TPSA) is 47.9 Å². The van der Waals surface area contributed by atoms with Crippen LogP contribution in [0, 0.1) is 20.8 Å². The number of hydrogen-bond donors (Lipinski definition) is 0. The van der Waals surface area contributed by atoms with Gasteiger partial charge in [0, 0.05) is 16.9 Å². The molecule has 4 rings (SSSR count). The maximum Gasteiger partial charge on any atom is 0.209 e. The van der Waals surface area contributed by atoms with E-state index in [1.807, 2.05) is 24.3 Å². The monoisotopic (exact) mass is 427 g/mol. The van der Waals surface area contributed by atoms with Crippen molar-refractivity contribution >= 4 is 11.8 Å². The normalized spacial score (nSPS) is 10.8. The smallest absolute Gasteiger partial charge is 0.209 e. The molecule has 0 aliphatic heterocycles.